The largest absolute Gasteiger partial charge is 0.131 e. The molecule has 1 aromatic carbocycles. The zero-order chi connectivity index (χ0) is 10.6. The summed E-state index contributed by atoms with van der Waals surface area (Å²) in [5, 5.41) is 1.62. The molecule has 14 heavy (non-hydrogen) atoms. The minimum atomic E-state index is 0.598. The zero-order valence-corrected chi connectivity index (χ0v) is 10.8. The van der Waals surface area contributed by atoms with Gasteiger partial charge >= 0.3 is 0 Å². The summed E-state index contributed by atoms with van der Waals surface area (Å²) in [5.74, 6) is 0. The van der Waals surface area contributed by atoms with Crippen molar-refractivity contribution in [3.8, 4) is 0 Å². The summed E-state index contributed by atoms with van der Waals surface area (Å²) in [6.07, 6.45) is 0. The van der Waals surface area contributed by atoms with E-state index in [-0.39, 0.29) is 0 Å². The highest BCUT2D eigenvalue weighted by Gasteiger charge is 2.13. The first-order valence-corrected chi connectivity index (χ1v) is 5.38. The molecule has 0 saturated heterocycles. The number of hydrogen-bond donors (Lipinski definition) is 4. The molecule has 0 saturated carbocycles. The monoisotopic (exact) mass is 265 g/mol. The Kier molecular flexibility index (Phi) is 5.53. The predicted molar refractivity (Wildman–Crippen MR) is 71.6 cm³/mol. The SMILES string of the molecule is SN(S)N(Cc1ccccc1)N(S)S. The van der Waals surface area contributed by atoms with E-state index in [0.29, 0.717) is 6.54 Å². The highest BCUT2D eigenvalue weighted by atomic mass is 32.2. The number of thiol groups is 4. The molecule has 0 radical (unpaired) electrons. The Balaban J connectivity index is 2.65. The Bertz CT molecular complexity index is 259. The highest BCUT2D eigenvalue weighted by Crippen LogP contribution is 2.17. The second kappa shape index (κ2) is 6.16. The Morgan fingerprint density at radius 1 is 0.857 bits per heavy atom. The fourth-order valence-corrected chi connectivity index (χ4v) is 1.77. The van der Waals surface area contributed by atoms with Gasteiger partial charge in [0.15, 0.2) is 0 Å². The summed E-state index contributed by atoms with van der Waals surface area (Å²) in [5.41, 5.74) is 1.12. The van der Waals surface area contributed by atoms with Crippen LogP contribution in [0.4, 0.5) is 0 Å². The third-order valence-electron chi connectivity index (χ3n) is 1.58. The third kappa shape index (κ3) is 3.93. The highest BCUT2D eigenvalue weighted by molar-refractivity contribution is 7.94. The van der Waals surface area contributed by atoms with Gasteiger partial charge in [-0.25, -0.2) is 0 Å². The topological polar surface area (TPSA) is 9.72 Å². The number of benzene rings is 1. The van der Waals surface area contributed by atoms with Crippen molar-refractivity contribution in [2.24, 2.45) is 0 Å². The molecule has 78 valence electrons. The lowest BCUT2D eigenvalue weighted by atomic mass is 10.2. The summed E-state index contributed by atoms with van der Waals surface area (Å²) in [4.78, 5) is 0. The molecule has 7 heteroatoms. The molecule has 0 unspecified atom stereocenters. The van der Waals surface area contributed by atoms with Gasteiger partial charge in [0.25, 0.3) is 0 Å². The van der Waals surface area contributed by atoms with Gasteiger partial charge in [0.1, 0.15) is 0 Å². The maximum absolute atomic E-state index is 4.05. The van der Waals surface area contributed by atoms with Crippen LogP contribution in [-0.2, 0) is 6.54 Å². The van der Waals surface area contributed by atoms with Gasteiger partial charge < -0.3 is 0 Å². The van der Waals surface area contributed by atoms with Gasteiger partial charge in [-0.2, -0.15) is 0 Å². The molecule has 0 atom stereocenters. The van der Waals surface area contributed by atoms with E-state index >= 15 is 0 Å². The van der Waals surface area contributed by atoms with E-state index in [0.717, 1.165) is 5.56 Å². The van der Waals surface area contributed by atoms with Gasteiger partial charge in [0.2, 0.25) is 0 Å². The van der Waals surface area contributed by atoms with Crippen LogP contribution in [-0.4, -0.2) is 12.8 Å². The summed E-state index contributed by atoms with van der Waals surface area (Å²) < 4.78 is 2.62. The minimum absolute atomic E-state index is 0.598. The van der Waals surface area contributed by atoms with E-state index in [1.54, 1.807) is 5.12 Å². The second-order valence-electron chi connectivity index (χ2n) is 2.55. The average Bonchev–Trinajstić information content (AvgIpc) is 2.15. The van der Waals surface area contributed by atoms with Gasteiger partial charge in [-0.1, -0.05) is 81.6 Å². The first kappa shape index (κ1) is 12.6. The smallest absolute Gasteiger partial charge is 0.0580 e. The first-order chi connectivity index (χ1) is 6.61. The van der Waals surface area contributed by atoms with Crippen LogP contribution >= 0.6 is 51.3 Å². The lowest BCUT2D eigenvalue weighted by Crippen LogP contribution is -2.35. The molecule has 1 rings (SSSR count). The molecule has 0 bridgehead atoms. The average molecular weight is 265 g/mol. The summed E-state index contributed by atoms with van der Waals surface area (Å²) in [6.45, 7) is 0.598. The normalized spacial score (nSPS) is 11.6. The lowest BCUT2D eigenvalue weighted by molar-refractivity contribution is 0.0519. The molecule has 1 aromatic rings. The molecule has 0 aliphatic carbocycles. The van der Waals surface area contributed by atoms with Crippen molar-refractivity contribution in [1.82, 2.24) is 12.8 Å². The van der Waals surface area contributed by atoms with Crippen LogP contribution in [0.5, 0.6) is 0 Å². The van der Waals surface area contributed by atoms with Crippen LogP contribution in [0.2, 0.25) is 0 Å². The summed E-state index contributed by atoms with van der Waals surface area (Å²) in [6, 6.07) is 9.91. The molecule has 0 aromatic heterocycles. The van der Waals surface area contributed by atoms with Gasteiger partial charge in [-0.15, -0.1) is 12.8 Å². The third-order valence-corrected chi connectivity index (χ3v) is 2.41. The van der Waals surface area contributed by atoms with Crippen LogP contribution in [0.25, 0.3) is 0 Å². The molecule has 0 N–H and O–H groups in total. The Morgan fingerprint density at radius 3 is 1.79 bits per heavy atom. The maximum atomic E-state index is 4.05. The van der Waals surface area contributed by atoms with Gasteiger partial charge in [-0.05, 0) is 5.56 Å². The number of hydrazine groups is 2. The number of rotatable bonds is 4. The molecular weight excluding hydrogens is 254 g/mol. The van der Waals surface area contributed by atoms with Crippen molar-refractivity contribution in [2.45, 2.75) is 6.54 Å². The van der Waals surface area contributed by atoms with Crippen molar-refractivity contribution in [2.75, 3.05) is 0 Å². The molecule has 3 nitrogen and oxygen atoms in total. The fraction of sp³-hybridized carbons (Fsp3) is 0.143. The molecule has 0 heterocycles. The summed E-state index contributed by atoms with van der Waals surface area (Å²) >= 11 is 16.2. The first-order valence-electron chi connectivity index (χ1n) is 3.78. The Labute approximate surface area is 106 Å². The van der Waals surface area contributed by atoms with Crippen LogP contribution in [0, 0.1) is 0 Å². The molecule has 0 fully saturated rings. The van der Waals surface area contributed by atoms with Crippen molar-refractivity contribution in [1.29, 1.82) is 0 Å². The molecule has 0 aliphatic heterocycles. The van der Waals surface area contributed by atoms with Gasteiger partial charge in [-0.3, -0.25) is 0 Å². The summed E-state index contributed by atoms with van der Waals surface area (Å²) in [7, 11) is 0. The second-order valence-corrected chi connectivity index (χ2v) is 4.70. The predicted octanol–water partition coefficient (Wildman–Crippen LogP) is 2.30. The van der Waals surface area contributed by atoms with Crippen LogP contribution in [0.1, 0.15) is 5.56 Å². The van der Waals surface area contributed by atoms with Gasteiger partial charge in [0.05, 0.1) is 6.54 Å². The van der Waals surface area contributed by atoms with Gasteiger partial charge in [0, 0.05) is 0 Å². The molecule has 0 spiro atoms. The van der Waals surface area contributed by atoms with E-state index < -0.39 is 0 Å². The van der Waals surface area contributed by atoms with E-state index in [1.807, 2.05) is 30.3 Å². The van der Waals surface area contributed by atoms with E-state index in [9.17, 15) is 0 Å². The maximum Gasteiger partial charge on any atom is 0.0580 e. The van der Waals surface area contributed by atoms with Crippen molar-refractivity contribution in [3.05, 3.63) is 35.9 Å². The van der Waals surface area contributed by atoms with Crippen molar-refractivity contribution in [3.63, 3.8) is 0 Å². The van der Waals surface area contributed by atoms with Crippen LogP contribution in [0.3, 0.4) is 0 Å². The van der Waals surface area contributed by atoms with Crippen molar-refractivity contribution < 1.29 is 0 Å². The zero-order valence-electron chi connectivity index (χ0n) is 7.22. The fourth-order valence-electron chi connectivity index (χ4n) is 0.945. The minimum Gasteiger partial charge on any atom is -0.131 e. The molecular formula is C7H11N3S4. The lowest BCUT2D eigenvalue weighted by Gasteiger charge is -2.29. The van der Waals surface area contributed by atoms with E-state index in [2.05, 4.69) is 51.3 Å². The molecule has 0 amide bonds. The quantitative estimate of drug-likeness (QED) is 0.492. The number of hydrogen-bond acceptors (Lipinski definition) is 7. The number of nitrogens with zero attached hydrogens (tertiary/aromatic N) is 3. The van der Waals surface area contributed by atoms with Crippen LogP contribution in [0.15, 0.2) is 30.3 Å². The van der Waals surface area contributed by atoms with E-state index in [1.165, 1.54) is 7.64 Å². The Morgan fingerprint density at radius 2 is 1.36 bits per heavy atom. The Hall–Kier alpha value is 0.500. The van der Waals surface area contributed by atoms with E-state index in [4.69, 9.17) is 0 Å². The molecule has 0 aliphatic rings. The standard InChI is InChI=1S/C7H11N3S4/c11-9(12)8(10(13)14)6-7-4-2-1-3-5-7/h1-5,11-14H,6H2. The van der Waals surface area contributed by atoms with Crippen molar-refractivity contribution >= 4 is 51.3 Å². The van der Waals surface area contributed by atoms with Crippen LogP contribution < -0.4 is 0 Å².